The average molecular weight is 331 g/mol. The van der Waals surface area contributed by atoms with E-state index in [1.807, 2.05) is 6.07 Å². The minimum atomic E-state index is -0.0438. The Bertz CT molecular complexity index is 676. The molecule has 0 amide bonds. The van der Waals surface area contributed by atoms with Crippen molar-refractivity contribution < 1.29 is 9.53 Å². The average Bonchev–Trinajstić information content (AvgIpc) is 3.20. The molecule has 2 aliphatic rings. The zero-order valence-corrected chi connectivity index (χ0v) is 14.1. The van der Waals surface area contributed by atoms with E-state index in [0.29, 0.717) is 12.6 Å². The highest BCUT2D eigenvalue weighted by molar-refractivity contribution is 7.18. The molecule has 1 aromatic heterocycles. The molecule has 5 nitrogen and oxygen atoms in total. The number of hydrogen-bond donors (Lipinski definition) is 0. The van der Waals surface area contributed by atoms with E-state index >= 15 is 0 Å². The molecule has 0 saturated carbocycles. The van der Waals surface area contributed by atoms with Crippen LogP contribution >= 0.6 is 11.3 Å². The van der Waals surface area contributed by atoms with Gasteiger partial charge in [0.2, 0.25) is 0 Å². The standard InChI is InChI=1S/C17H21N3O2S/c1-12(16-18-13-4-2-3-5-15(13)23-16)19-7-9-20(10-8-19)14-6-11-22-17(14)21/h2-5,12,14H,6-11H2,1H3/t12-,14+/m0/s1. The topological polar surface area (TPSA) is 45.7 Å². The Hall–Kier alpha value is -1.50. The highest BCUT2D eigenvalue weighted by atomic mass is 32.1. The summed E-state index contributed by atoms with van der Waals surface area (Å²) in [6.45, 7) is 6.61. The molecule has 6 heteroatoms. The molecule has 2 aliphatic heterocycles. The van der Waals surface area contributed by atoms with E-state index in [-0.39, 0.29) is 12.0 Å². The van der Waals surface area contributed by atoms with Gasteiger partial charge in [-0.1, -0.05) is 12.1 Å². The van der Waals surface area contributed by atoms with Crippen molar-refractivity contribution in [2.75, 3.05) is 32.8 Å². The monoisotopic (exact) mass is 331 g/mol. The molecule has 0 N–H and O–H groups in total. The first-order valence-electron chi connectivity index (χ1n) is 8.22. The zero-order valence-electron chi connectivity index (χ0n) is 13.3. The van der Waals surface area contributed by atoms with Crippen LogP contribution in [0, 0.1) is 0 Å². The summed E-state index contributed by atoms with van der Waals surface area (Å²) < 4.78 is 6.35. The lowest BCUT2D eigenvalue weighted by molar-refractivity contribution is -0.142. The van der Waals surface area contributed by atoms with E-state index < -0.39 is 0 Å². The molecule has 4 rings (SSSR count). The Morgan fingerprint density at radius 3 is 2.74 bits per heavy atom. The lowest BCUT2D eigenvalue weighted by Gasteiger charge is -2.38. The molecule has 0 unspecified atom stereocenters. The summed E-state index contributed by atoms with van der Waals surface area (Å²) in [4.78, 5) is 21.3. The molecule has 0 spiro atoms. The third-order valence-corrected chi connectivity index (χ3v) is 6.12. The molecular weight excluding hydrogens is 310 g/mol. The number of hydrogen-bond acceptors (Lipinski definition) is 6. The van der Waals surface area contributed by atoms with Gasteiger partial charge in [-0.05, 0) is 19.1 Å². The highest BCUT2D eigenvalue weighted by Gasteiger charge is 2.35. The molecule has 23 heavy (non-hydrogen) atoms. The Balaban J connectivity index is 1.42. The fraction of sp³-hybridized carbons (Fsp3) is 0.529. The van der Waals surface area contributed by atoms with Crippen molar-refractivity contribution in [1.29, 1.82) is 0 Å². The smallest absolute Gasteiger partial charge is 0.323 e. The summed E-state index contributed by atoms with van der Waals surface area (Å²) in [6.07, 6.45) is 0.840. The lowest BCUT2D eigenvalue weighted by Crippen LogP contribution is -2.52. The van der Waals surface area contributed by atoms with E-state index in [1.165, 1.54) is 9.71 Å². The van der Waals surface area contributed by atoms with Crippen molar-refractivity contribution in [3.8, 4) is 0 Å². The van der Waals surface area contributed by atoms with Gasteiger partial charge in [0.1, 0.15) is 11.0 Å². The minimum absolute atomic E-state index is 0.0186. The molecule has 0 radical (unpaired) electrons. The second-order valence-corrected chi connectivity index (χ2v) is 7.30. The summed E-state index contributed by atoms with van der Waals surface area (Å²) in [6, 6.07) is 8.61. The number of esters is 1. The first-order chi connectivity index (χ1) is 11.2. The molecule has 2 saturated heterocycles. The molecule has 0 bridgehead atoms. The first-order valence-corrected chi connectivity index (χ1v) is 9.04. The number of carbonyl (C=O) groups excluding carboxylic acids is 1. The van der Waals surface area contributed by atoms with Crippen LogP contribution in [0.15, 0.2) is 24.3 Å². The van der Waals surface area contributed by atoms with Crippen LogP contribution in [0.2, 0.25) is 0 Å². The maximum absolute atomic E-state index is 11.7. The zero-order chi connectivity index (χ0) is 15.8. The molecule has 2 atom stereocenters. The summed E-state index contributed by atoms with van der Waals surface area (Å²) in [5.74, 6) is -0.0438. The largest absolute Gasteiger partial charge is 0.464 e. The number of para-hydroxylation sites is 1. The van der Waals surface area contributed by atoms with Crippen LogP contribution in [0.25, 0.3) is 10.2 Å². The predicted octanol–water partition coefficient (Wildman–Crippen LogP) is 2.29. The third kappa shape index (κ3) is 2.86. The van der Waals surface area contributed by atoms with Gasteiger partial charge in [-0.2, -0.15) is 0 Å². The minimum Gasteiger partial charge on any atom is -0.464 e. The Labute approximate surface area is 139 Å². The van der Waals surface area contributed by atoms with Gasteiger partial charge >= 0.3 is 5.97 Å². The number of aromatic nitrogens is 1. The molecule has 0 aliphatic carbocycles. The van der Waals surface area contributed by atoms with E-state index in [9.17, 15) is 4.79 Å². The number of ether oxygens (including phenoxy) is 1. The molecule has 3 heterocycles. The number of fused-ring (bicyclic) bond motifs is 1. The van der Waals surface area contributed by atoms with Gasteiger partial charge in [-0.3, -0.25) is 14.6 Å². The Morgan fingerprint density at radius 2 is 2.04 bits per heavy atom. The van der Waals surface area contributed by atoms with Gasteiger partial charge in [-0.25, -0.2) is 4.98 Å². The Morgan fingerprint density at radius 1 is 1.26 bits per heavy atom. The molecule has 2 aromatic rings. The van der Waals surface area contributed by atoms with Gasteiger partial charge in [0.05, 0.1) is 22.9 Å². The van der Waals surface area contributed by atoms with Crippen LogP contribution < -0.4 is 0 Å². The van der Waals surface area contributed by atoms with Gasteiger partial charge in [0.15, 0.2) is 0 Å². The molecular formula is C17H21N3O2S. The van der Waals surface area contributed by atoms with Gasteiger partial charge in [-0.15, -0.1) is 11.3 Å². The number of thiazole rings is 1. The van der Waals surface area contributed by atoms with E-state index in [4.69, 9.17) is 9.72 Å². The molecule has 1 aromatic carbocycles. The van der Waals surface area contributed by atoms with Crippen molar-refractivity contribution in [2.24, 2.45) is 0 Å². The van der Waals surface area contributed by atoms with E-state index in [0.717, 1.165) is 38.1 Å². The van der Waals surface area contributed by atoms with Gasteiger partial charge < -0.3 is 4.74 Å². The number of cyclic esters (lactones) is 1. The highest BCUT2D eigenvalue weighted by Crippen LogP contribution is 2.30. The van der Waals surface area contributed by atoms with Crippen LogP contribution in [0.3, 0.4) is 0 Å². The fourth-order valence-corrected chi connectivity index (χ4v) is 4.53. The van der Waals surface area contributed by atoms with Crippen molar-refractivity contribution in [3.05, 3.63) is 29.3 Å². The SMILES string of the molecule is C[C@@H](c1nc2ccccc2s1)N1CCN([C@@H]2CCOC2=O)CC1. The van der Waals surface area contributed by atoms with Crippen molar-refractivity contribution >= 4 is 27.5 Å². The maximum Gasteiger partial charge on any atom is 0.323 e. The molecule has 2 fully saturated rings. The number of nitrogens with zero attached hydrogens (tertiary/aromatic N) is 3. The normalized spacial score (nSPS) is 24.9. The van der Waals surface area contributed by atoms with Gasteiger partial charge in [0.25, 0.3) is 0 Å². The molecule has 122 valence electrons. The summed E-state index contributed by atoms with van der Waals surface area (Å²) in [5.41, 5.74) is 1.09. The third-order valence-electron chi connectivity index (χ3n) is 4.91. The van der Waals surface area contributed by atoms with E-state index in [1.54, 1.807) is 11.3 Å². The number of benzene rings is 1. The fourth-order valence-electron chi connectivity index (χ4n) is 3.48. The van der Waals surface area contributed by atoms with Crippen LogP contribution in [-0.4, -0.2) is 59.6 Å². The van der Waals surface area contributed by atoms with Crippen molar-refractivity contribution in [1.82, 2.24) is 14.8 Å². The van der Waals surface area contributed by atoms with Crippen LogP contribution in [0.1, 0.15) is 24.4 Å². The first kappa shape index (κ1) is 15.1. The van der Waals surface area contributed by atoms with Crippen LogP contribution in [0.5, 0.6) is 0 Å². The number of piperazine rings is 1. The van der Waals surface area contributed by atoms with Crippen molar-refractivity contribution in [3.63, 3.8) is 0 Å². The van der Waals surface area contributed by atoms with Crippen LogP contribution in [0.4, 0.5) is 0 Å². The second kappa shape index (κ2) is 6.19. The summed E-state index contributed by atoms with van der Waals surface area (Å²) >= 11 is 1.79. The Kier molecular flexibility index (Phi) is 4.05. The lowest BCUT2D eigenvalue weighted by atomic mass is 10.1. The maximum atomic E-state index is 11.7. The quantitative estimate of drug-likeness (QED) is 0.808. The number of carbonyl (C=O) groups is 1. The summed E-state index contributed by atoms with van der Waals surface area (Å²) in [5, 5.41) is 1.18. The van der Waals surface area contributed by atoms with Crippen LogP contribution in [-0.2, 0) is 9.53 Å². The van der Waals surface area contributed by atoms with E-state index in [2.05, 4.69) is 34.9 Å². The second-order valence-electron chi connectivity index (χ2n) is 6.24. The van der Waals surface area contributed by atoms with Crippen molar-refractivity contribution in [2.45, 2.75) is 25.4 Å². The van der Waals surface area contributed by atoms with Gasteiger partial charge in [0, 0.05) is 32.6 Å². The number of rotatable bonds is 3. The summed E-state index contributed by atoms with van der Waals surface area (Å²) in [7, 11) is 0. The predicted molar refractivity (Wildman–Crippen MR) is 90.5 cm³/mol.